The second-order valence-corrected chi connectivity index (χ2v) is 10.4. The average molecular weight is 467 g/mol. The van der Waals surface area contributed by atoms with E-state index in [2.05, 4.69) is 21.2 Å². The van der Waals surface area contributed by atoms with E-state index in [0.717, 1.165) is 37.6 Å². The van der Waals surface area contributed by atoms with Gasteiger partial charge in [-0.15, -0.1) is 11.3 Å². The van der Waals surface area contributed by atoms with Crippen LogP contribution in [0.25, 0.3) is 10.1 Å². The van der Waals surface area contributed by atoms with Crippen molar-refractivity contribution in [3.8, 4) is 0 Å². The van der Waals surface area contributed by atoms with E-state index in [-0.39, 0.29) is 5.91 Å². The number of nitrogens with zero attached hydrogens (tertiary/aromatic N) is 1. The normalized spacial score (nSPS) is 11.6. The number of sulfonamides is 1. The summed E-state index contributed by atoms with van der Waals surface area (Å²) < 4.78 is 26.6. The largest absolute Gasteiger partial charge is 0.321 e. The summed E-state index contributed by atoms with van der Waals surface area (Å²) in [6.07, 6.45) is 1.16. The molecule has 0 aliphatic heterocycles. The quantitative estimate of drug-likeness (QED) is 0.592. The fourth-order valence-electron chi connectivity index (χ4n) is 2.81. The van der Waals surface area contributed by atoms with E-state index in [0.29, 0.717) is 10.6 Å². The van der Waals surface area contributed by atoms with Gasteiger partial charge >= 0.3 is 0 Å². The number of hydrogen-bond donors (Lipinski definition) is 1. The molecule has 1 amide bonds. The van der Waals surface area contributed by atoms with Gasteiger partial charge in [0.2, 0.25) is 10.0 Å². The van der Waals surface area contributed by atoms with Gasteiger partial charge in [-0.3, -0.25) is 9.10 Å². The summed E-state index contributed by atoms with van der Waals surface area (Å²) in [5, 5.41) is 3.82. The highest BCUT2D eigenvalue weighted by Gasteiger charge is 2.16. The Kier molecular flexibility index (Phi) is 5.33. The van der Waals surface area contributed by atoms with Crippen LogP contribution in [0.3, 0.4) is 0 Å². The van der Waals surface area contributed by atoms with Gasteiger partial charge in [-0.25, -0.2) is 8.42 Å². The summed E-state index contributed by atoms with van der Waals surface area (Å²) in [4.78, 5) is 13.3. The Morgan fingerprint density at radius 2 is 1.74 bits per heavy atom. The second-order valence-electron chi connectivity index (χ2n) is 6.43. The summed E-state index contributed by atoms with van der Waals surface area (Å²) in [5.74, 6) is -0.178. The third kappa shape index (κ3) is 4.17. The molecule has 0 aliphatic rings. The molecule has 0 aliphatic carbocycles. The van der Waals surface area contributed by atoms with Crippen molar-refractivity contribution in [1.29, 1.82) is 0 Å². The zero-order chi connectivity index (χ0) is 19.9. The molecule has 0 atom stereocenters. The summed E-state index contributed by atoms with van der Waals surface area (Å²) >= 11 is 4.83. The van der Waals surface area contributed by atoms with Crippen LogP contribution in [0.2, 0.25) is 0 Å². The lowest BCUT2D eigenvalue weighted by Gasteiger charge is -2.16. The summed E-state index contributed by atoms with van der Waals surface area (Å²) in [5.41, 5.74) is 3.33. The number of carbonyl (C=O) groups excluding carboxylic acids is 1. The first kappa shape index (κ1) is 19.9. The van der Waals surface area contributed by atoms with Crippen molar-refractivity contribution >= 4 is 64.7 Å². The molecule has 0 saturated heterocycles. The fraction of sp³-hybridized carbons (Fsp3) is 0.211. The van der Waals surface area contributed by atoms with Gasteiger partial charge in [0.05, 0.1) is 16.8 Å². The molecule has 0 fully saturated rings. The van der Waals surface area contributed by atoms with Crippen LogP contribution in [0.4, 0.5) is 11.4 Å². The first-order valence-electron chi connectivity index (χ1n) is 8.12. The average Bonchev–Trinajstić information content (AvgIpc) is 2.99. The molecule has 0 bridgehead atoms. The molecule has 1 aromatic heterocycles. The predicted octanol–water partition coefficient (Wildman–Crippen LogP) is 4.93. The van der Waals surface area contributed by atoms with Crippen molar-refractivity contribution < 1.29 is 13.2 Å². The number of hydrogen-bond acceptors (Lipinski definition) is 4. The molecule has 0 spiro atoms. The number of amides is 1. The van der Waals surface area contributed by atoms with Crippen LogP contribution in [0.15, 0.2) is 40.9 Å². The Morgan fingerprint density at radius 1 is 1.11 bits per heavy atom. The Balaban J connectivity index is 1.92. The van der Waals surface area contributed by atoms with E-state index in [1.807, 2.05) is 32.0 Å². The molecule has 5 nitrogen and oxygen atoms in total. The minimum absolute atomic E-state index is 0.178. The topological polar surface area (TPSA) is 66.5 Å². The van der Waals surface area contributed by atoms with Crippen molar-refractivity contribution in [2.75, 3.05) is 22.9 Å². The number of anilines is 2. The monoisotopic (exact) mass is 466 g/mol. The number of thiophene rings is 1. The van der Waals surface area contributed by atoms with E-state index in [1.165, 1.54) is 22.7 Å². The number of rotatable bonds is 4. The maximum Gasteiger partial charge on any atom is 0.265 e. The van der Waals surface area contributed by atoms with Gasteiger partial charge in [0.15, 0.2) is 0 Å². The maximum atomic E-state index is 12.7. The lowest BCUT2D eigenvalue weighted by molar-refractivity contribution is 0.103. The number of halogens is 1. The number of fused-ring (bicyclic) bond motifs is 1. The lowest BCUT2D eigenvalue weighted by Crippen LogP contribution is -2.24. The van der Waals surface area contributed by atoms with Gasteiger partial charge < -0.3 is 5.32 Å². The summed E-state index contributed by atoms with van der Waals surface area (Å²) in [6, 6.07) is 11.1. The molecule has 8 heteroatoms. The van der Waals surface area contributed by atoms with Gasteiger partial charge in [0, 0.05) is 21.9 Å². The Labute approximate surface area is 171 Å². The van der Waals surface area contributed by atoms with Crippen LogP contribution in [0.1, 0.15) is 20.8 Å². The van der Waals surface area contributed by atoms with E-state index in [4.69, 9.17) is 0 Å². The molecule has 3 aromatic rings. The molecule has 0 radical (unpaired) electrons. The highest BCUT2D eigenvalue weighted by Crippen LogP contribution is 2.31. The van der Waals surface area contributed by atoms with Crippen molar-refractivity contribution in [3.05, 3.63) is 56.9 Å². The standard InChI is InChI=1S/C19H19BrN2O3S2/c1-11-7-14(20)8-12(2)18(11)21-19(23)17-10-13-9-15(5-6-16(13)26-17)22(3)27(4,24)25/h5-10H,1-4H3,(H,21,23). The number of carbonyl (C=O) groups is 1. The molecule has 2 aromatic carbocycles. The molecule has 0 saturated carbocycles. The van der Waals surface area contributed by atoms with Crippen LogP contribution in [0, 0.1) is 13.8 Å². The highest BCUT2D eigenvalue weighted by atomic mass is 79.9. The molecular weight excluding hydrogens is 448 g/mol. The smallest absolute Gasteiger partial charge is 0.265 e. The second kappa shape index (κ2) is 7.26. The van der Waals surface area contributed by atoms with E-state index in [1.54, 1.807) is 18.2 Å². The zero-order valence-electron chi connectivity index (χ0n) is 15.3. The van der Waals surface area contributed by atoms with Gasteiger partial charge in [0.1, 0.15) is 0 Å². The van der Waals surface area contributed by atoms with Crippen molar-refractivity contribution in [1.82, 2.24) is 0 Å². The minimum atomic E-state index is -3.33. The van der Waals surface area contributed by atoms with E-state index in [9.17, 15) is 13.2 Å². The maximum absolute atomic E-state index is 12.7. The summed E-state index contributed by atoms with van der Waals surface area (Å²) in [7, 11) is -1.82. The molecular formula is C19H19BrN2O3S2. The van der Waals surface area contributed by atoms with Crippen LogP contribution in [0.5, 0.6) is 0 Å². The molecule has 3 rings (SSSR count). The van der Waals surface area contributed by atoms with Crippen molar-refractivity contribution in [2.45, 2.75) is 13.8 Å². The first-order chi connectivity index (χ1) is 12.6. The molecule has 142 valence electrons. The zero-order valence-corrected chi connectivity index (χ0v) is 18.5. The van der Waals surface area contributed by atoms with Crippen molar-refractivity contribution in [2.24, 2.45) is 0 Å². The summed E-state index contributed by atoms with van der Waals surface area (Å²) in [6.45, 7) is 3.90. The van der Waals surface area contributed by atoms with E-state index < -0.39 is 10.0 Å². The Morgan fingerprint density at radius 3 is 2.33 bits per heavy atom. The van der Waals surface area contributed by atoms with Gasteiger partial charge in [-0.1, -0.05) is 15.9 Å². The SMILES string of the molecule is Cc1cc(Br)cc(C)c1NC(=O)c1cc2cc(N(C)S(C)(=O)=O)ccc2s1. The minimum Gasteiger partial charge on any atom is -0.321 e. The number of aryl methyl sites for hydroxylation is 2. The van der Waals surface area contributed by atoms with Crippen LogP contribution >= 0.6 is 27.3 Å². The number of benzene rings is 2. The molecule has 27 heavy (non-hydrogen) atoms. The number of nitrogens with one attached hydrogen (secondary N) is 1. The molecule has 1 N–H and O–H groups in total. The van der Waals surface area contributed by atoms with Crippen LogP contribution < -0.4 is 9.62 Å². The van der Waals surface area contributed by atoms with Crippen LogP contribution in [-0.4, -0.2) is 27.6 Å². The lowest BCUT2D eigenvalue weighted by atomic mass is 10.1. The Hall–Kier alpha value is -1.90. The highest BCUT2D eigenvalue weighted by molar-refractivity contribution is 9.10. The predicted molar refractivity (Wildman–Crippen MR) is 117 cm³/mol. The first-order valence-corrected chi connectivity index (χ1v) is 11.6. The third-order valence-corrected chi connectivity index (χ3v) is 7.10. The van der Waals surface area contributed by atoms with Crippen LogP contribution in [-0.2, 0) is 10.0 Å². The van der Waals surface area contributed by atoms with Gasteiger partial charge in [-0.2, -0.15) is 0 Å². The van der Waals surface area contributed by atoms with Gasteiger partial charge in [0.25, 0.3) is 5.91 Å². The molecule has 1 heterocycles. The van der Waals surface area contributed by atoms with Crippen molar-refractivity contribution in [3.63, 3.8) is 0 Å². The van der Waals surface area contributed by atoms with Gasteiger partial charge in [-0.05, 0) is 66.8 Å². The van der Waals surface area contributed by atoms with E-state index >= 15 is 0 Å². The third-order valence-electron chi connectivity index (χ3n) is 4.32. The Bertz CT molecular complexity index is 1130. The molecule has 0 unspecified atom stereocenters. The fourth-order valence-corrected chi connectivity index (χ4v) is 4.93.